The predicted molar refractivity (Wildman–Crippen MR) is 163 cm³/mol. The van der Waals surface area contributed by atoms with Crippen molar-refractivity contribution < 1.29 is 18.4 Å². The molecule has 0 aromatic carbocycles. The van der Waals surface area contributed by atoms with E-state index in [1.165, 1.54) is 0 Å². The van der Waals surface area contributed by atoms with Gasteiger partial charge in [-0.25, -0.2) is 0 Å². The summed E-state index contributed by atoms with van der Waals surface area (Å²) in [5, 5.41) is 1.74. The highest BCUT2D eigenvalue weighted by molar-refractivity contribution is 9.10. The number of Topliss-reactive ketones (excluding diaryl/α,β-unsaturated/α-hetero) is 2. The zero-order valence-corrected chi connectivity index (χ0v) is 29.2. The van der Waals surface area contributed by atoms with E-state index in [1.807, 2.05) is 12.1 Å². The minimum atomic E-state index is -2.13. The molecule has 0 aliphatic carbocycles. The van der Waals surface area contributed by atoms with Gasteiger partial charge >= 0.3 is 0 Å². The molecule has 0 aliphatic heterocycles. The lowest BCUT2D eigenvalue weighted by Gasteiger charge is -2.41. The molecule has 36 heavy (non-hydrogen) atoms. The topological polar surface area (TPSA) is 60.4 Å². The first-order valence-electron chi connectivity index (χ1n) is 13.2. The molecule has 0 bridgehead atoms. The molecule has 0 N–H and O–H groups in total. The van der Waals surface area contributed by atoms with Gasteiger partial charge in [-0.15, -0.1) is 0 Å². The Morgan fingerprint density at radius 1 is 0.556 bits per heavy atom. The number of carbonyl (C=O) groups is 2. The summed E-state index contributed by atoms with van der Waals surface area (Å²) in [7, 11) is -4.26. The number of hydrogen-bond acceptors (Lipinski definition) is 4. The van der Waals surface area contributed by atoms with Crippen LogP contribution in [0, 0.1) is 0 Å². The smallest absolute Gasteiger partial charge is 0.273 e. The van der Waals surface area contributed by atoms with Gasteiger partial charge in [-0.2, -0.15) is 0 Å². The maximum absolute atomic E-state index is 13.5. The van der Waals surface area contributed by atoms with Crippen molar-refractivity contribution in [1.82, 2.24) is 0 Å². The van der Waals surface area contributed by atoms with Crippen LogP contribution < -0.4 is 10.8 Å². The van der Waals surface area contributed by atoms with Crippen molar-refractivity contribution in [3.8, 4) is 0 Å². The standard InChI is InChI=1S/C28H44Br2O4Si2/c1-15(2)35(16(3)4,17(5)6)23-13-21(29)27(33-23)25(31)26(32)28-22(30)14-24(34-28)36(18(7)8,19(9)10)20(11)12/h13-20H,1-12H3. The number of carbonyl (C=O) groups excluding carboxylic acids is 2. The van der Waals surface area contributed by atoms with Crippen LogP contribution in [0.2, 0.25) is 33.2 Å². The minimum absolute atomic E-state index is 0.0683. The highest BCUT2D eigenvalue weighted by atomic mass is 79.9. The molecular formula is C28H44Br2O4Si2. The van der Waals surface area contributed by atoms with E-state index in [1.54, 1.807) is 0 Å². The number of halogens is 2. The molecule has 0 atom stereocenters. The summed E-state index contributed by atoms with van der Waals surface area (Å²) in [4.78, 5) is 27.0. The lowest BCUT2D eigenvalue weighted by atomic mass is 10.2. The van der Waals surface area contributed by atoms with Crippen molar-refractivity contribution in [3.63, 3.8) is 0 Å². The van der Waals surface area contributed by atoms with Crippen molar-refractivity contribution in [3.05, 3.63) is 32.6 Å². The molecule has 2 aromatic rings. The number of ketones is 2. The maximum atomic E-state index is 13.5. The fraction of sp³-hybridized carbons (Fsp3) is 0.643. The summed E-state index contributed by atoms with van der Waals surface area (Å²) in [5.41, 5.74) is 2.48. The van der Waals surface area contributed by atoms with Gasteiger partial charge in [0.15, 0.2) is 11.5 Å². The lowest BCUT2D eigenvalue weighted by molar-refractivity contribution is 0.0785. The van der Waals surface area contributed by atoms with Crippen LogP contribution in [0.25, 0.3) is 0 Å². The van der Waals surface area contributed by atoms with Gasteiger partial charge in [0, 0.05) is 0 Å². The van der Waals surface area contributed by atoms with Gasteiger partial charge in [-0.05, 0) is 77.2 Å². The number of rotatable bonds is 11. The molecular weight excluding hydrogens is 616 g/mol. The van der Waals surface area contributed by atoms with E-state index in [4.69, 9.17) is 8.83 Å². The fourth-order valence-electron chi connectivity index (χ4n) is 7.39. The molecule has 0 amide bonds. The SMILES string of the molecule is CC(C)[Si](c1cc(Br)c(C(=O)C(=O)c2oc([Si](C(C)C)(C(C)C)C(C)C)cc2Br)o1)(C(C)C)C(C)C. The van der Waals surface area contributed by atoms with Crippen LogP contribution in [0.3, 0.4) is 0 Å². The largest absolute Gasteiger partial charge is 0.461 e. The zero-order valence-electron chi connectivity index (χ0n) is 24.0. The van der Waals surface area contributed by atoms with Gasteiger partial charge in [0.25, 0.3) is 11.6 Å². The molecule has 2 rings (SSSR count). The van der Waals surface area contributed by atoms with E-state index in [2.05, 4.69) is 115 Å². The van der Waals surface area contributed by atoms with E-state index in [0.717, 1.165) is 10.8 Å². The molecule has 0 saturated carbocycles. The predicted octanol–water partition coefficient (Wildman–Crippen LogP) is 9.23. The van der Waals surface area contributed by atoms with Gasteiger partial charge in [-0.1, -0.05) is 83.1 Å². The molecule has 0 unspecified atom stereocenters. The van der Waals surface area contributed by atoms with Crippen molar-refractivity contribution in [1.29, 1.82) is 0 Å². The molecule has 2 aromatic heterocycles. The molecule has 202 valence electrons. The Balaban J connectivity index is 2.60. The molecule has 2 heterocycles. The van der Waals surface area contributed by atoms with Crippen LogP contribution in [0.15, 0.2) is 29.9 Å². The highest BCUT2D eigenvalue weighted by Gasteiger charge is 2.50. The van der Waals surface area contributed by atoms with Crippen LogP contribution >= 0.6 is 31.9 Å². The Bertz CT molecular complexity index is 963. The van der Waals surface area contributed by atoms with Crippen LogP contribution in [0.5, 0.6) is 0 Å². The van der Waals surface area contributed by atoms with Crippen LogP contribution in [0.1, 0.15) is 104 Å². The van der Waals surface area contributed by atoms with E-state index in [9.17, 15) is 9.59 Å². The third kappa shape index (κ3) is 5.00. The average molecular weight is 661 g/mol. The average Bonchev–Trinajstić information content (AvgIpc) is 3.29. The number of hydrogen-bond donors (Lipinski definition) is 0. The van der Waals surface area contributed by atoms with E-state index < -0.39 is 27.7 Å². The molecule has 0 saturated heterocycles. The first-order valence-corrected chi connectivity index (χ1v) is 19.2. The Kier molecular flexibility index (Phi) is 10.1. The molecule has 4 nitrogen and oxygen atoms in total. The van der Waals surface area contributed by atoms with Crippen molar-refractivity contribution in [2.24, 2.45) is 0 Å². The number of furan rings is 2. The third-order valence-electron chi connectivity index (χ3n) is 8.58. The fourth-order valence-corrected chi connectivity index (χ4v) is 21.5. The Hall–Kier alpha value is -0.706. The maximum Gasteiger partial charge on any atom is 0.273 e. The van der Waals surface area contributed by atoms with Gasteiger partial charge in [0.2, 0.25) is 0 Å². The van der Waals surface area contributed by atoms with Crippen LogP contribution in [0.4, 0.5) is 0 Å². The second-order valence-electron chi connectivity index (χ2n) is 12.0. The van der Waals surface area contributed by atoms with Crippen LogP contribution in [-0.2, 0) is 0 Å². The summed E-state index contributed by atoms with van der Waals surface area (Å²) in [6.45, 7) is 26.9. The molecule has 0 aliphatic rings. The summed E-state index contributed by atoms with van der Waals surface area (Å²) < 4.78 is 13.7. The summed E-state index contributed by atoms with van der Waals surface area (Å²) >= 11 is 7.06. The zero-order chi connectivity index (χ0) is 27.9. The summed E-state index contributed by atoms with van der Waals surface area (Å²) in [6.07, 6.45) is 0. The monoisotopic (exact) mass is 658 g/mol. The second kappa shape index (κ2) is 11.6. The normalized spacial score (nSPS) is 13.3. The van der Waals surface area contributed by atoms with E-state index >= 15 is 0 Å². The van der Waals surface area contributed by atoms with E-state index in [-0.39, 0.29) is 11.5 Å². The molecule has 0 fully saturated rings. The minimum Gasteiger partial charge on any atom is -0.461 e. The Morgan fingerprint density at radius 2 is 0.778 bits per heavy atom. The van der Waals surface area contributed by atoms with Gasteiger partial charge < -0.3 is 8.83 Å². The van der Waals surface area contributed by atoms with Crippen molar-refractivity contribution in [2.75, 3.05) is 0 Å². The van der Waals surface area contributed by atoms with E-state index in [0.29, 0.717) is 42.2 Å². The molecule has 0 radical (unpaired) electrons. The molecule has 0 spiro atoms. The van der Waals surface area contributed by atoms with Crippen molar-refractivity contribution in [2.45, 2.75) is 116 Å². The Morgan fingerprint density at radius 3 is 0.972 bits per heavy atom. The summed E-state index contributed by atoms with van der Waals surface area (Å²) in [5.74, 6) is -1.22. The lowest BCUT2D eigenvalue weighted by Crippen LogP contribution is -2.55. The third-order valence-corrected chi connectivity index (χ3v) is 23.4. The first-order chi connectivity index (χ1) is 16.5. The van der Waals surface area contributed by atoms with Crippen LogP contribution in [-0.4, -0.2) is 27.7 Å². The van der Waals surface area contributed by atoms with Gasteiger partial charge in [-0.3, -0.25) is 9.59 Å². The quantitative estimate of drug-likeness (QED) is 0.137. The highest BCUT2D eigenvalue weighted by Crippen LogP contribution is 2.43. The van der Waals surface area contributed by atoms with Crippen molar-refractivity contribution >= 4 is 70.3 Å². The Labute approximate surface area is 236 Å². The van der Waals surface area contributed by atoms with Gasteiger partial charge in [0.1, 0.15) is 16.1 Å². The van der Waals surface area contributed by atoms with Gasteiger partial charge in [0.05, 0.1) is 19.7 Å². The molecule has 8 heteroatoms. The second-order valence-corrected chi connectivity index (χ2v) is 25.4. The first kappa shape index (κ1) is 31.5. The summed E-state index contributed by atoms with van der Waals surface area (Å²) in [6, 6.07) is 3.87.